The van der Waals surface area contributed by atoms with E-state index in [1.165, 1.54) is 0 Å². The van der Waals surface area contributed by atoms with Crippen molar-refractivity contribution in [2.45, 2.75) is 38.4 Å². The van der Waals surface area contributed by atoms with Crippen molar-refractivity contribution in [2.75, 3.05) is 13.2 Å². The van der Waals surface area contributed by atoms with E-state index >= 15 is 0 Å². The van der Waals surface area contributed by atoms with Gasteiger partial charge in [-0.1, -0.05) is 0 Å². The molecule has 0 aromatic rings. The van der Waals surface area contributed by atoms with E-state index in [0.717, 1.165) is 0 Å². The van der Waals surface area contributed by atoms with Gasteiger partial charge in [0.1, 0.15) is 6.10 Å². The van der Waals surface area contributed by atoms with E-state index in [-0.39, 0.29) is 13.2 Å². The van der Waals surface area contributed by atoms with Crippen LogP contribution in [-0.2, 0) is 0 Å². The Morgan fingerprint density at radius 2 is 0.778 bits per heavy atom. The van der Waals surface area contributed by atoms with E-state index in [9.17, 15) is 0 Å². The van der Waals surface area contributed by atoms with Gasteiger partial charge in [-0.3, -0.25) is 0 Å². The Balaban J connectivity index is 0.000000411. The first kappa shape index (κ1) is 19.6. The quantitative estimate of drug-likeness (QED) is 0.640. The standard InChI is InChI=1S/C6H6Cl6.C3H8O3/c7-1-2(8)4(10)6(12)5(11)3(1)9;4-1-3(6)2-5/h1-6H;3-6H,1-2H2/t1-,2-,3-,4+,5+,6+;. The zero-order valence-electron chi connectivity index (χ0n) is 9.07. The summed E-state index contributed by atoms with van der Waals surface area (Å²) in [6.07, 6.45) is -0.954. The van der Waals surface area contributed by atoms with Crippen LogP contribution in [0.15, 0.2) is 0 Å². The molecule has 0 radical (unpaired) electrons. The van der Waals surface area contributed by atoms with Gasteiger partial charge in [0.2, 0.25) is 0 Å². The molecule has 1 saturated carbocycles. The average Bonchev–Trinajstić information content (AvgIpc) is 2.40. The predicted octanol–water partition coefficient (Wildman–Crippen LogP) is 1.98. The molecule has 3 nitrogen and oxygen atoms in total. The molecule has 110 valence electrons. The maximum absolute atomic E-state index is 8.17. The minimum Gasteiger partial charge on any atom is -0.394 e. The molecule has 0 bridgehead atoms. The van der Waals surface area contributed by atoms with Gasteiger partial charge in [-0.05, 0) is 0 Å². The molecule has 0 spiro atoms. The minimum absolute atomic E-state index is 0.365. The van der Waals surface area contributed by atoms with E-state index in [2.05, 4.69) is 0 Å². The predicted molar refractivity (Wildman–Crippen MR) is 78.0 cm³/mol. The molecule has 0 aromatic heterocycles. The van der Waals surface area contributed by atoms with Crippen molar-refractivity contribution in [3.8, 4) is 0 Å². The Hall–Kier alpha value is 1.62. The fourth-order valence-corrected chi connectivity index (χ4v) is 3.44. The Morgan fingerprint density at radius 3 is 0.833 bits per heavy atom. The number of hydrogen-bond acceptors (Lipinski definition) is 3. The summed E-state index contributed by atoms with van der Waals surface area (Å²) in [5.41, 5.74) is 0. The maximum atomic E-state index is 8.17. The van der Waals surface area contributed by atoms with Crippen LogP contribution < -0.4 is 0 Å². The van der Waals surface area contributed by atoms with Crippen LogP contribution in [0.4, 0.5) is 0 Å². The Bertz CT molecular complexity index is 172. The van der Waals surface area contributed by atoms with Crippen molar-refractivity contribution < 1.29 is 15.3 Å². The van der Waals surface area contributed by atoms with Crippen LogP contribution in [-0.4, -0.2) is 66.9 Å². The maximum Gasteiger partial charge on any atom is 0.100 e. The SMILES string of the molecule is Cl[C@H]1[C@H](Cl)[C@@H](Cl)[C@@H](Cl)[C@H](Cl)[C@H]1Cl.OCC(O)CO. The minimum atomic E-state index is -0.954. The largest absolute Gasteiger partial charge is 0.394 e. The van der Waals surface area contributed by atoms with E-state index in [4.69, 9.17) is 84.9 Å². The molecule has 0 unspecified atom stereocenters. The molecule has 0 heterocycles. The van der Waals surface area contributed by atoms with Crippen molar-refractivity contribution in [2.24, 2.45) is 0 Å². The number of hydrogen-bond donors (Lipinski definition) is 3. The molecule has 0 aliphatic heterocycles. The lowest BCUT2D eigenvalue weighted by atomic mass is 9.97. The molecule has 3 N–H and O–H groups in total. The monoisotopic (exact) mass is 380 g/mol. The van der Waals surface area contributed by atoms with E-state index in [0.29, 0.717) is 0 Å². The van der Waals surface area contributed by atoms with Crippen LogP contribution in [0.1, 0.15) is 0 Å². The number of aliphatic hydroxyl groups excluding tert-OH is 3. The van der Waals surface area contributed by atoms with Crippen molar-refractivity contribution in [1.82, 2.24) is 0 Å². The van der Waals surface area contributed by atoms with Crippen LogP contribution in [0, 0.1) is 0 Å². The highest BCUT2D eigenvalue weighted by Crippen LogP contribution is 2.39. The first-order chi connectivity index (χ1) is 8.27. The van der Waals surface area contributed by atoms with Crippen LogP contribution in [0.3, 0.4) is 0 Å². The van der Waals surface area contributed by atoms with Gasteiger partial charge in [0.25, 0.3) is 0 Å². The summed E-state index contributed by atoms with van der Waals surface area (Å²) in [5, 5.41) is 21.4. The van der Waals surface area contributed by atoms with Gasteiger partial charge in [-0.25, -0.2) is 0 Å². The number of alkyl halides is 6. The molecule has 1 aliphatic rings. The van der Waals surface area contributed by atoms with E-state index in [1.807, 2.05) is 0 Å². The summed E-state index contributed by atoms with van der Waals surface area (Å²) in [4.78, 5) is 0. The van der Waals surface area contributed by atoms with Gasteiger partial charge in [-0.2, -0.15) is 0 Å². The number of aliphatic hydroxyl groups is 3. The summed E-state index contributed by atoms with van der Waals surface area (Å²) >= 11 is 35.3. The fraction of sp³-hybridized carbons (Fsp3) is 1.00. The third-order valence-corrected chi connectivity index (χ3v) is 6.28. The normalized spacial score (nSPS) is 40.3. The van der Waals surface area contributed by atoms with Gasteiger partial charge in [0, 0.05) is 0 Å². The summed E-state index contributed by atoms with van der Waals surface area (Å²) in [6, 6.07) is 0. The lowest BCUT2D eigenvalue weighted by Crippen LogP contribution is -2.52. The van der Waals surface area contributed by atoms with Gasteiger partial charge in [-0.15, -0.1) is 69.6 Å². The smallest absolute Gasteiger partial charge is 0.100 e. The van der Waals surface area contributed by atoms with Crippen molar-refractivity contribution >= 4 is 69.6 Å². The van der Waals surface area contributed by atoms with Gasteiger partial charge in [0.05, 0.1) is 45.5 Å². The molecule has 1 fully saturated rings. The molecule has 0 amide bonds. The topological polar surface area (TPSA) is 60.7 Å². The molecular formula is C9H14Cl6O3. The molecule has 0 atom stereocenters. The Morgan fingerprint density at radius 1 is 0.611 bits per heavy atom. The second-order valence-corrected chi connectivity index (χ2v) is 6.71. The zero-order valence-corrected chi connectivity index (χ0v) is 13.6. The van der Waals surface area contributed by atoms with E-state index in [1.54, 1.807) is 0 Å². The number of rotatable bonds is 2. The molecular weight excluding hydrogens is 369 g/mol. The fourth-order valence-electron chi connectivity index (χ4n) is 1.11. The molecule has 1 rings (SSSR count). The highest BCUT2D eigenvalue weighted by Gasteiger charge is 2.46. The second-order valence-electron chi connectivity index (χ2n) is 3.69. The number of halogens is 6. The molecule has 0 saturated heterocycles. The Kier molecular flexibility index (Phi) is 10.4. The first-order valence-electron chi connectivity index (χ1n) is 5.02. The van der Waals surface area contributed by atoms with Crippen molar-refractivity contribution in [3.63, 3.8) is 0 Å². The zero-order chi connectivity index (χ0) is 14.5. The van der Waals surface area contributed by atoms with Crippen molar-refractivity contribution in [1.29, 1.82) is 0 Å². The van der Waals surface area contributed by atoms with Gasteiger partial charge < -0.3 is 15.3 Å². The second kappa shape index (κ2) is 9.54. The third-order valence-electron chi connectivity index (χ3n) is 2.25. The third kappa shape index (κ3) is 5.55. The molecule has 18 heavy (non-hydrogen) atoms. The first-order valence-corrected chi connectivity index (χ1v) is 7.64. The van der Waals surface area contributed by atoms with Crippen LogP contribution in [0.5, 0.6) is 0 Å². The van der Waals surface area contributed by atoms with Gasteiger partial charge in [0.15, 0.2) is 0 Å². The van der Waals surface area contributed by atoms with Crippen LogP contribution in [0.2, 0.25) is 0 Å². The molecule has 0 aromatic carbocycles. The van der Waals surface area contributed by atoms with Crippen LogP contribution >= 0.6 is 69.6 Å². The van der Waals surface area contributed by atoms with Gasteiger partial charge >= 0.3 is 0 Å². The summed E-state index contributed by atoms with van der Waals surface area (Å²) in [5.74, 6) is 0. The molecule has 9 heteroatoms. The summed E-state index contributed by atoms with van der Waals surface area (Å²) < 4.78 is 0. The summed E-state index contributed by atoms with van der Waals surface area (Å²) in [7, 11) is 0. The lowest BCUT2D eigenvalue weighted by molar-refractivity contribution is 0.0450. The van der Waals surface area contributed by atoms with Crippen LogP contribution in [0.25, 0.3) is 0 Å². The Labute approximate surface area is 136 Å². The summed E-state index contributed by atoms with van der Waals surface area (Å²) in [6.45, 7) is -0.729. The van der Waals surface area contributed by atoms with Crippen molar-refractivity contribution in [3.05, 3.63) is 0 Å². The highest BCUT2D eigenvalue weighted by molar-refractivity contribution is 6.45. The molecule has 1 aliphatic carbocycles. The lowest BCUT2D eigenvalue weighted by Gasteiger charge is -2.37. The van der Waals surface area contributed by atoms with E-state index < -0.39 is 38.4 Å². The highest BCUT2D eigenvalue weighted by atomic mass is 35.5. The average molecular weight is 383 g/mol.